The summed E-state index contributed by atoms with van der Waals surface area (Å²) in [4.78, 5) is 14.5. The molecule has 4 heteroatoms. The molecule has 1 amide bonds. The molecule has 0 aromatic carbocycles. The molecule has 1 saturated carbocycles. The van der Waals surface area contributed by atoms with Crippen molar-refractivity contribution in [3.05, 3.63) is 0 Å². The van der Waals surface area contributed by atoms with E-state index in [-0.39, 0.29) is 17.9 Å². The van der Waals surface area contributed by atoms with Crippen molar-refractivity contribution in [2.24, 2.45) is 11.7 Å². The van der Waals surface area contributed by atoms with E-state index in [0.29, 0.717) is 6.04 Å². The van der Waals surface area contributed by atoms with E-state index < -0.39 is 0 Å². The quantitative estimate of drug-likeness (QED) is 0.763. The standard InChI is InChI=1S/C13H25N3O/c1-2-16-7-5-12(6-8-16)15-13(17)10-3-4-11(14)9-10/h10-12H,2-9,14H2,1H3,(H,15,17). The molecule has 2 unspecified atom stereocenters. The van der Waals surface area contributed by atoms with Crippen LogP contribution in [0.15, 0.2) is 0 Å². The van der Waals surface area contributed by atoms with Crippen LogP contribution in [0.25, 0.3) is 0 Å². The SMILES string of the molecule is CCN1CCC(NC(=O)C2CCC(N)C2)CC1. The highest BCUT2D eigenvalue weighted by atomic mass is 16.1. The van der Waals surface area contributed by atoms with Gasteiger partial charge in [0.25, 0.3) is 0 Å². The summed E-state index contributed by atoms with van der Waals surface area (Å²) < 4.78 is 0. The Bertz CT molecular complexity index is 261. The van der Waals surface area contributed by atoms with E-state index in [9.17, 15) is 4.79 Å². The lowest BCUT2D eigenvalue weighted by Crippen LogP contribution is -2.46. The van der Waals surface area contributed by atoms with Crippen LogP contribution in [-0.4, -0.2) is 42.5 Å². The van der Waals surface area contributed by atoms with Crippen molar-refractivity contribution < 1.29 is 4.79 Å². The van der Waals surface area contributed by atoms with Gasteiger partial charge in [0.2, 0.25) is 5.91 Å². The van der Waals surface area contributed by atoms with E-state index in [1.807, 2.05) is 0 Å². The van der Waals surface area contributed by atoms with Crippen LogP contribution in [0.5, 0.6) is 0 Å². The Morgan fingerprint density at radius 1 is 1.29 bits per heavy atom. The van der Waals surface area contributed by atoms with Crippen molar-refractivity contribution in [2.45, 2.75) is 51.1 Å². The topological polar surface area (TPSA) is 58.4 Å². The van der Waals surface area contributed by atoms with Crippen molar-refractivity contribution in [1.29, 1.82) is 0 Å². The van der Waals surface area contributed by atoms with Gasteiger partial charge in [0.05, 0.1) is 0 Å². The van der Waals surface area contributed by atoms with Crippen LogP contribution in [0.3, 0.4) is 0 Å². The lowest BCUT2D eigenvalue weighted by atomic mass is 10.0. The fourth-order valence-corrected chi connectivity index (χ4v) is 2.97. The molecule has 2 atom stereocenters. The molecule has 98 valence electrons. The first-order chi connectivity index (χ1) is 8.19. The Hall–Kier alpha value is -0.610. The molecule has 0 aromatic heterocycles. The fraction of sp³-hybridized carbons (Fsp3) is 0.923. The van der Waals surface area contributed by atoms with Crippen molar-refractivity contribution >= 4 is 5.91 Å². The summed E-state index contributed by atoms with van der Waals surface area (Å²) in [6, 6.07) is 0.634. The summed E-state index contributed by atoms with van der Waals surface area (Å²) in [6.07, 6.45) is 5.05. The van der Waals surface area contributed by atoms with Crippen LogP contribution < -0.4 is 11.1 Å². The van der Waals surface area contributed by atoms with Crippen LogP contribution >= 0.6 is 0 Å². The molecule has 1 aliphatic heterocycles. The minimum absolute atomic E-state index is 0.175. The third-order valence-electron chi connectivity index (χ3n) is 4.23. The number of amides is 1. The zero-order valence-electron chi connectivity index (χ0n) is 10.8. The third kappa shape index (κ3) is 3.42. The van der Waals surface area contributed by atoms with Crippen molar-refractivity contribution in [2.75, 3.05) is 19.6 Å². The zero-order valence-corrected chi connectivity index (χ0v) is 10.8. The highest BCUT2D eigenvalue weighted by molar-refractivity contribution is 5.79. The lowest BCUT2D eigenvalue weighted by molar-refractivity contribution is -0.125. The molecule has 1 aliphatic carbocycles. The first-order valence-electron chi connectivity index (χ1n) is 6.97. The molecule has 0 radical (unpaired) electrons. The maximum atomic E-state index is 12.0. The third-order valence-corrected chi connectivity index (χ3v) is 4.23. The van der Waals surface area contributed by atoms with Gasteiger partial charge in [-0.05, 0) is 38.6 Å². The van der Waals surface area contributed by atoms with E-state index in [1.54, 1.807) is 0 Å². The molecule has 3 N–H and O–H groups in total. The monoisotopic (exact) mass is 239 g/mol. The van der Waals surface area contributed by atoms with E-state index in [2.05, 4.69) is 17.1 Å². The molecule has 17 heavy (non-hydrogen) atoms. The second-order valence-corrected chi connectivity index (χ2v) is 5.49. The molecule has 1 heterocycles. The van der Waals surface area contributed by atoms with Crippen LogP contribution in [-0.2, 0) is 4.79 Å². The normalized spacial score (nSPS) is 31.6. The minimum atomic E-state index is 0.175. The van der Waals surface area contributed by atoms with E-state index in [0.717, 1.165) is 51.7 Å². The van der Waals surface area contributed by atoms with E-state index >= 15 is 0 Å². The Balaban J connectivity index is 1.72. The number of carbonyl (C=O) groups excluding carboxylic acids is 1. The van der Waals surface area contributed by atoms with Crippen LogP contribution in [0, 0.1) is 5.92 Å². The van der Waals surface area contributed by atoms with Crippen molar-refractivity contribution in [1.82, 2.24) is 10.2 Å². The summed E-state index contributed by atoms with van der Waals surface area (Å²) in [6.45, 7) is 5.55. The largest absolute Gasteiger partial charge is 0.353 e. The molecule has 0 aromatic rings. The molecule has 1 saturated heterocycles. The van der Waals surface area contributed by atoms with E-state index in [1.165, 1.54) is 0 Å². The summed E-state index contributed by atoms with van der Waals surface area (Å²) in [5, 5.41) is 3.20. The van der Waals surface area contributed by atoms with Gasteiger partial charge in [-0.2, -0.15) is 0 Å². The van der Waals surface area contributed by atoms with E-state index in [4.69, 9.17) is 5.73 Å². The number of likely N-dealkylation sites (tertiary alicyclic amines) is 1. The van der Waals surface area contributed by atoms with Crippen molar-refractivity contribution in [3.8, 4) is 0 Å². The van der Waals surface area contributed by atoms with Gasteiger partial charge in [-0.25, -0.2) is 0 Å². The Labute approximate surface area is 104 Å². The van der Waals surface area contributed by atoms with Crippen molar-refractivity contribution in [3.63, 3.8) is 0 Å². The number of nitrogens with two attached hydrogens (primary N) is 1. The summed E-state index contributed by atoms with van der Waals surface area (Å²) in [5.41, 5.74) is 5.85. The highest BCUT2D eigenvalue weighted by Crippen LogP contribution is 2.24. The first kappa shape index (κ1) is 12.8. The molecule has 0 bridgehead atoms. The van der Waals surface area contributed by atoms with Gasteiger partial charge in [0.15, 0.2) is 0 Å². The van der Waals surface area contributed by atoms with Gasteiger partial charge in [0, 0.05) is 31.1 Å². The Morgan fingerprint density at radius 2 is 2.00 bits per heavy atom. The van der Waals surface area contributed by atoms with Gasteiger partial charge in [-0.1, -0.05) is 6.92 Å². The van der Waals surface area contributed by atoms with Crippen LogP contribution in [0.2, 0.25) is 0 Å². The van der Waals surface area contributed by atoms with Crippen LogP contribution in [0.1, 0.15) is 39.0 Å². The number of rotatable bonds is 3. The smallest absolute Gasteiger partial charge is 0.223 e. The number of hydrogen-bond donors (Lipinski definition) is 2. The molecule has 2 fully saturated rings. The predicted octanol–water partition coefficient (Wildman–Crippen LogP) is 0.714. The minimum Gasteiger partial charge on any atom is -0.353 e. The Kier molecular flexibility index (Phi) is 4.40. The Morgan fingerprint density at radius 3 is 2.53 bits per heavy atom. The second kappa shape index (κ2) is 5.83. The predicted molar refractivity (Wildman–Crippen MR) is 68.6 cm³/mol. The number of hydrogen-bond acceptors (Lipinski definition) is 3. The molecule has 4 nitrogen and oxygen atoms in total. The van der Waals surface area contributed by atoms with Gasteiger partial charge in [-0.3, -0.25) is 4.79 Å². The maximum absolute atomic E-state index is 12.0. The average molecular weight is 239 g/mol. The van der Waals surface area contributed by atoms with Gasteiger partial charge in [-0.15, -0.1) is 0 Å². The van der Waals surface area contributed by atoms with Crippen LogP contribution in [0.4, 0.5) is 0 Å². The number of carbonyl (C=O) groups is 1. The van der Waals surface area contributed by atoms with Gasteiger partial charge >= 0.3 is 0 Å². The number of nitrogens with one attached hydrogen (secondary N) is 1. The van der Waals surface area contributed by atoms with Gasteiger partial charge in [0.1, 0.15) is 0 Å². The second-order valence-electron chi connectivity index (χ2n) is 5.49. The average Bonchev–Trinajstić information content (AvgIpc) is 2.77. The lowest BCUT2D eigenvalue weighted by Gasteiger charge is -2.32. The summed E-state index contributed by atoms with van der Waals surface area (Å²) in [5.74, 6) is 0.419. The summed E-state index contributed by atoms with van der Waals surface area (Å²) >= 11 is 0. The highest BCUT2D eigenvalue weighted by Gasteiger charge is 2.29. The number of nitrogens with zero attached hydrogens (tertiary/aromatic N) is 1. The molecule has 0 spiro atoms. The maximum Gasteiger partial charge on any atom is 0.223 e. The first-order valence-corrected chi connectivity index (χ1v) is 6.97. The molecule has 2 aliphatic rings. The zero-order chi connectivity index (χ0) is 12.3. The fourth-order valence-electron chi connectivity index (χ4n) is 2.97. The molecular formula is C13H25N3O. The number of piperidine rings is 1. The summed E-state index contributed by atoms with van der Waals surface area (Å²) in [7, 11) is 0. The molecule has 2 rings (SSSR count). The molecular weight excluding hydrogens is 214 g/mol. The van der Waals surface area contributed by atoms with Gasteiger partial charge < -0.3 is 16.0 Å².